The summed E-state index contributed by atoms with van der Waals surface area (Å²) >= 11 is 0. The number of rotatable bonds is 8. The summed E-state index contributed by atoms with van der Waals surface area (Å²) in [6.07, 6.45) is 1.34. The molecule has 0 aliphatic heterocycles. The first-order valence-electron chi connectivity index (χ1n) is 5.60. The van der Waals surface area contributed by atoms with Crippen molar-refractivity contribution >= 4 is 5.78 Å². The third kappa shape index (κ3) is 5.51. The van der Waals surface area contributed by atoms with E-state index in [4.69, 9.17) is 9.47 Å². The maximum atomic E-state index is 11.3. The molecule has 0 N–H and O–H groups in total. The van der Waals surface area contributed by atoms with Crippen molar-refractivity contribution in [3.05, 3.63) is 30.3 Å². The highest BCUT2D eigenvalue weighted by Gasteiger charge is 2.02. The smallest absolute Gasteiger partial charge is 0.161 e. The van der Waals surface area contributed by atoms with Gasteiger partial charge in [-0.3, -0.25) is 4.79 Å². The van der Waals surface area contributed by atoms with Crippen LogP contribution < -0.4 is 4.74 Å². The van der Waals surface area contributed by atoms with Crippen LogP contribution >= 0.6 is 0 Å². The van der Waals surface area contributed by atoms with Crippen LogP contribution in [0.3, 0.4) is 0 Å². The Morgan fingerprint density at radius 2 is 1.94 bits per heavy atom. The van der Waals surface area contributed by atoms with E-state index in [1.807, 2.05) is 37.3 Å². The number of hydrogen-bond donors (Lipinski definition) is 0. The molecule has 0 aromatic heterocycles. The van der Waals surface area contributed by atoms with E-state index in [0.29, 0.717) is 19.6 Å². The lowest BCUT2D eigenvalue weighted by Crippen LogP contribution is -2.12. The summed E-state index contributed by atoms with van der Waals surface area (Å²) in [6.45, 7) is 3.28. The van der Waals surface area contributed by atoms with Gasteiger partial charge in [-0.05, 0) is 18.6 Å². The van der Waals surface area contributed by atoms with Crippen molar-refractivity contribution in [3.63, 3.8) is 0 Å². The lowest BCUT2D eigenvalue weighted by molar-refractivity contribution is -0.124. The molecule has 3 nitrogen and oxygen atoms in total. The van der Waals surface area contributed by atoms with Crippen molar-refractivity contribution in [3.8, 4) is 5.75 Å². The molecule has 16 heavy (non-hydrogen) atoms. The highest BCUT2D eigenvalue weighted by atomic mass is 16.5. The molecular weight excluding hydrogens is 204 g/mol. The maximum Gasteiger partial charge on any atom is 0.161 e. The van der Waals surface area contributed by atoms with E-state index in [-0.39, 0.29) is 12.4 Å². The Morgan fingerprint density at radius 1 is 1.19 bits per heavy atom. The number of ketones is 1. The minimum absolute atomic E-state index is 0.0874. The summed E-state index contributed by atoms with van der Waals surface area (Å²) < 4.78 is 10.5. The molecule has 1 rings (SSSR count). The van der Waals surface area contributed by atoms with Gasteiger partial charge in [0.15, 0.2) is 5.78 Å². The first kappa shape index (κ1) is 12.7. The topological polar surface area (TPSA) is 35.5 Å². The van der Waals surface area contributed by atoms with Crippen LogP contribution in [-0.2, 0) is 9.53 Å². The summed E-state index contributed by atoms with van der Waals surface area (Å²) in [4.78, 5) is 11.3. The Morgan fingerprint density at radius 3 is 2.62 bits per heavy atom. The van der Waals surface area contributed by atoms with Crippen molar-refractivity contribution in [1.29, 1.82) is 0 Å². The summed E-state index contributed by atoms with van der Waals surface area (Å²) in [5.74, 6) is 0.883. The summed E-state index contributed by atoms with van der Waals surface area (Å²) in [6, 6.07) is 9.48. The SMILES string of the molecule is CCCOCC(=O)CCOc1ccccc1. The van der Waals surface area contributed by atoms with Gasteiger partial charge in [0.1, 0.15) is 12.4 Å². The number of para-hydroxylation sites is 1. The predicted octanol–water partition coefficient (Wildman–Crippen LogP) is 2.45. The molecule has 0 saturated carbocycles. The molecular formula is C13H18O3. The van der Waals surface area contributed by atoms with Gasteiger partial charge in [0, 0.05) is 13.0 Å². The fourth-order valence-corrected chi connectivity index (χ4v) is 1.20. The molecule has 88 valence electrons. The highest BCUT2D eigenvalue weighted by molar-refractivity contribution is 5.79. The van der Waals surface area contributed by atoms with Crippen LogP contribution in [0.25, 0.3) is 0 Å². The zero-order chi connectivity index (χ0) is 11.6. The van der Waals surface area contributed by atoms with E-state index in [1.54, 1.807) is 0 Å². The van der Waals surface area contributed by atoms with Gasteiger partial charge in [-0.1, -0.05) is 25.1 Å². The van der Waals surface area contributed by atoms with E-state index in [1.165, 1.54) is 0 Å². The summed E-state index contributed by atoms with van der Waals surface area (Å²) in [5, 5.41) is 0. The maximum absolute atomic E-state index is 11.3. The number of hydrogen-bond acceptors (Lipinski definition) is 3. The number of carbonyl (C=O) groups is 1. The van der Waals surface area contributed by atoms with Crippen LogP contribution in [0.4, 0.5) is 0 Å². The van der Waals surface area contributed by atoms with Crippen molar-refractivity contribution in [2.45, 2.75) is 19.8 Å². The van der Waals surface area contributed by atoms with E-state index in [0.717, 1.165) is 12.2 Å². The normalized spacial score (nSPS) is 10.1. The second-order valence-electron chi connectivity index (χ2n) is 3.50. The van der Waals surface area contributed by atoms with Gasteiger partial charge in [0.25, 0.3) is 0 Å². The first-order chi connectivity index (χ1) is 7.83. The zero-order valence-corrected chi connectivity index (χ0v) is 9.65. The van der Waals surface area contributed by atoms with Crippen LogP contribution in [0.1, 0.15) is 19.8 Å². The minimum Gasteiger partial charge on any atom is -0.493 e. The Labute approximate surface area is 96.4 Å². The van der Waals surface area contributed by atoms with Crippen molar-refractivity contribution in [1.82, 2.24) is 0 Å². The molecule has 0 heterocycles. The molecule has 3 heteroatoms. The Balaban J connectivity index is 2.09. The van der Waals surface area contributed by atoms with Crippen LogP contribution in [0.2, 0.25) is 0 Å². The molecule has 0 aliphatic carbocycles. The molecule has 0 bridgehead atoms. The Bertz CT molecular complexity index is 295. The molecule has 0 amide bonds. The molecule has 1 aromatic rings. The molecule has 0 atom stereocenters. The molecule has 1 aromatic carbocycles. The molecule has 0 spiro atoms. The molecule has 0 fully saturated rings. The van der Waals surface area contributed by atoms with Crippen LogP contribution in [0, 0.1) is 0 Å². The third-order valence-electron chi connectivity index (χ3n) is 2.00. The third-order valence-corrected chi connectivity index (χ3v) is 2.00. The number of Topliss-reactive ketones (excluding diaryl/α,β-unsaturated/α-hetero) is 1. The molecule has 0 saturated heterocycles. The predicted molar refractivity (Wildman–Crippen MR) is 62.7 cm³/mol. The largest absolute Gasteiger partial charge is 0.493 e. The van der Waals surface area contributed by atoms with Gasteiger partial charge in [-0.15, -0.1) is 0 Å². The van der Waals surface area contributed by atoms with Gasteiger partial charge < -0.3 is 9.47 Å². The second kappa shape index (κ2) is 7.88. The standard InChI is InChI=1S/C13H18O3/c1-2-9-15-11-12(14)8-10-16-13-6-4-3-5-7-13/h3-7H,2,8-11H2,1H3. The number of ether oxygens (including phenoxy) is 2. The molecule has 0 aliphatic rings. The van der Waals surface area contributed by atoms with Gasteiger partial charge >= 0.3 is 0 Å². The van der Waals surface area contributed by atoms with Crippen LogP contribution in [-0.4, -0.2) is 25.6 Å². The number of carbonyl (C=O) groups excluding carboxylic acids is 1. The van der Waals surface area contributed by atoms with Crippen LogP contribution in [0.15, 0.2) is 30.3 Å². The molecule has 0 radical (unpaired) electrons. The van der Waals surface area contributed by atoms with Crippen molar-refractivity contribution < 1.29 is 14.3 Å². The fraction of sp³-hybridized carbons (Fsp3) is 0.462. The minimum atomic E-state index is 0.0874. The van der Waals surface area contributed by atoms with E-state index >= 15 is 0 Å². The van der Waals surface area contributed by atoms with Gasteiger partial charge in [0.05, 0.1) is 6.61 Å². The quantitative estimate of drug-likeness (QED) is 0.634. The van der Waals surface area contributed by atoms with Gasteiger partial charge in [-0.2, -0.15) is 0 Å². The van der Waals surface area contributed by atoms with E-state index in [2.05, 4.69) is 0 Å². The van der Waals surface area contributed by atoms with E-state index < -0.39 is 0 Å². The zero-order valence-electron chi connectivity index (χ0n) is 9.65. The average molecular weight is 222 g/mol. The lowest BCUT2D eigenvalue weighted by Gasteiger charge is -2.05. The lowest BCUT2D eigenvalue weighted by atomic mass is 10.3. The Kier molecular flexibility index (Phi) is 6.26. The molecule has 0 unspecified atom stereocenters. The monoisotopic (exact) mass is 222 g/mol. The Hall–Kier alpha value is -1.35. The fourth-order valence-electron chi connectivity index (χ4n) is 1.20. The van der Waals surface area contributed by atoms with Crippen molar-refractivity contribution in [2.24, 2.45) is 0 Å². The van der Waals surface area contributed by atoms with Gasteiger partial charge in [-0.25, -0.2) is 0 Å². The second-order valence-corrected chi connectivity index (χ2v) is 3.50. The first-order valence-corrected chi connectivity index (χ1v) is 5.60. The van der Waals surface area contributed by atoms with Gasteiger partial charge in [0.2, 0.25) is 0 Å². The summed E-state index contributed by atoms with van der Waals surface area (Å²) in [7, 11) is 0. The number of benzene rings is 1. The van der Waals surface area contributed by atoms with Crippen molar-refractivity contribution in [2.75, 3.05) is 19.8 Å². The average Bonchev–Trinajstić information content (AvgIpc) is 2.31. The van der Waals surface area contributed by atoms with Crippen LogP contribution in [0.5, 0.6) is 5.75 Å². The highest BCUT2D eigenvalue weighted by Crippen LogP contribution is 2.08. The van der Waals surface area contributed by atoms with E-state index in [9.17, 15) is 4.79 Å². The summed E-state index contributed by atoms with van der Waals surface area (Å²) in [5.41, 5.74) is 0.